The van der Waals surface area contributed by atoms with Crippen LogP contribution in [0.15, 0.2) is 0 Å². The molecule has 14 heavy (non-hydrogen) atoms. The first-order valence-electron chi connectivity index (χ1n) is 5.96. The van der Waals surface area contributed by atoms with E-state index in [1.165, 1.54) is 19.3 Å². The second-order valence-corrected chi connectivity index (χ2v) is 4.16. The maximum atomic E-state index is 9.54. The Bertz CT molecular complexity index is 141. The molecule has 1 saturated heterocycles. The molecule has 0 aliphatic carbocycles. The van der Waals surface area contributed by atoms with E-state index in [1.807, 2.05) is 0 Å². The lowest BCUT2D eigenvalue weighted by Gasteiger charge is -2.14. The van der Waals surface area contributed by atoms with E-state index in [9.17, 15) is 5.11 Å². The highest BCUT2D eigenvalue weighted by molar-refractivity contribution is 4.83. The van der Waals surface area contributed by atoms with Gasteiger partial charge in [-0.3, -0.25) is 0 Å². The summed E-state index contributed by atoms with van der Waals surface area (Å²) in [7, 11) is 0. The molecular formula is C11H24N2O. The Kier molecular flexibility index (Phi) is 6.15. The molecule has 84 valence electrons. The van der Waals surface area contributed by atoms with Crippen molar-refractivity contribution in [2.45, 2.75) is 51.2 Å². The van der Waals surface area contributed by atoms with Gasteiger partial charge in [0, 0.05) is 6.04 Å². The second-order valence-electron chi connectivity index (χ2n) is 4.16. The van der Waals surface area contributed by atoms with Crippen molar-refractivity contribution in [1.29, 1.82) is 0 Å². The summed E-state index contributed by atoms with van der Waals surface area (Å²) in [6.45, 7) is 5.34. The summed E-state index contributed by atoms with van der Waals surface area (Å²) in [5.74, 6) is 0. The van der Waals surface area contributed by atoms with Crippen LogP contribution in [0.4, 0.5) is 0 Å². The number of hydrogen-bond acceptors (Lipinski definition) is 3. The van der Waals surface area contributed by atoms with Gasteiger partial charge in [0.1, 0.15) is 0 Å². The number of unbranched alkanes of at least 4 members (excludes halogenated alkanes) is 2. The maximum absolute atomic E-state index is 9.54. The van der Waals surface area contributed by atoms with E-state index in [4.69, 9.17) is 0 Å². The third-order valence-electron chi connectivity index (χ3n) is 2.90. The highest BCUT2D eigenvalue weighted by Crippen LogP contribution is 2.08. The van der Waals surface area contributed by atoms with Crippen LogP contribution in [0.25, 0.3) is 0 Å². The minimum absolute atomic E-state index is 0.118. The van der Waals surface area contributed by atoms with Crippen molar-refractivity contribution in [3.63, 3.8) is 0 Å². The predicted molar refractivity (Wildman–Crippen MR) is 59.4 cm³/mol. The quantitative estimate of drug-likeness (QED) is 0.535. The maximum Gasteiger partial charge on any atom is 0.0705 e. The molecule has 0 saturated carbocycles. The van der Waals surface area contributed by atoms with E-state index >= 15 is 0 Å². The van der Waals surface area contributed by atoms with Gasteiger partial charge in [0.25, 0.3) is 0 Å². The summed E-state index contributed by atoms with van der Waals surface area (Å²) in [6.07, 6.45) is 5.72. The zero-order valence-electron chi connectivity index (χ0n) is 9.26. The van der Waals surface area contributed by atoms with Crippen molar-refractivity contribution in [3.8, 4) is 0 Å². The van der Waals surface area contributed by atoms with Gasteiger partial charge in [-0.2, -0.15) is 0 Å². The Hall–Kier alpha value is -0.120. The molecule has 1 rings (SSSR count). The third-order valence-corrected chi connectivity index (χ3v) is 2.90. The molecule has 1 aliphatic rings. The van der Waals surface area contributed by atoms with Crippen LogP contribution in [0.2, 0.25) is 0 Å². The van der Waals surface area contributed by atoms with Gasteiger partial charge in [-0.25, -0.2) is 0 Å². The van der Waals surface area contributed by atoms with Crippen LogP contribution < -0.4 is 10.6 Å². The molecule has 0 bridgehead atoms. The van der Waals surface area contributed by atoms with Gasteiger partial charge in [0.05, 0.1) is 6.10 Å². The highest BCUT2D eigenvalue weighted by atomic mass is 16.3. The van der Waals surface area contributed by atoms with Crippen molar-refractivity contribution in [2.75, 3.05) is 19.6 Å². The van der Waals surface area contributed by atoms with E-state index in [1.54, 1.807) is 0 Å². The Morgan fingerprint density at radius 3 is 2.86 bits per heavy atom. The molecule has 1 aliphatic heterocycles. The summed E-state index contributed by atoms with van der Waals surface area (Å²) in [5, 5.41) is 16.3. The number of aliphatic hydroxyl groups is 1. The molecule has 3 heteroatoms. The number of nitrogens with one attached hydrogen (secondary N) is 2. The van der Waals surface area contributed by atoms with E-state index in [-0.39, 0.29) is 6.10 Å². The van der Waals surface area contributed by atoms with Gasteiger partial charge in [-0.15, -0.1) is 0 Å². The molecule has 0 aromatic rings. The fourth-order valence-corrected chi connectivity index (χ4v) is 1.93. The van der Waals surface area contributed by atoms with E-state index < -0.39 is 0 Å². The standard InChI is InChI=1S/C11H24N2O/c1-2-3-4-7-12-8-5-10-11(14)6-9-13-10/h10-14H,2-9H2,1H3. The molecule has 0 radical (unpaired) electrons. The van der Waals surface area contributed by atoms with Gasteiger partial charge in [0.2, 0.25) is 0 Å². The predicted octanol–water partition coefficient (Wildman–Crippen LogP) is 0.879. The Labute approximate surface area is 87.3 Å². The molecule has 0 spiro atoms. The molecule has 1 fully saturated rings. The van der Waals surface area contributed by atoms with Gasteiger partial charge < -0.3 is 15.7 Å². The first-order valence-corrected chi connectivity index (χ1v) is 5.96. The largest absolute Gasteiger partial charge is 0.391 e. The third kappa shape index (κ3) is 4.40. The second kappa shape index (κ2) is 7.21. The van der Waals surface area contributed by atoms with Crippen molar-refractivity contribution < 1.29 is 5.11 Å². The summed E-state index contributed by atoms with van der Waals surface area (Å²) in [5.41, 5.74) is 0. The average Bonchev–Trinajstić information content (AvgIpc) is 2.58. The molecule has 3 nitrogen and oxygen atoms in total. The fourth-order valence-electron chi connectivity index (χ4n) is 1.93. The zero-order valence-corrected chi connectivity index (χ0v) is 9.26. The van der Waals surface area contributed by atoms with Gasteiger partial charge in [0.15, 0.2) is 0 Å². The van der Waals surface area contributed by atoms with E-state index in [0.29, 0.717) is 6.04 Å². The molecule has 0 amide bonds. The SMILES string of the molecule is CCCCCNCCC1NCCC1O. The smallest absolute Gasteiger partial charge is 0.0705 e. The lowest BCUT2D eigenvalue weighted by Crippen LogP contribution is -2.33. The lowest BCUT2D eigenvalue weighted by molar-refractivity contribution is 0.155. The van der Waals surface area contributed by atoms with Gasteiger partial charge in [-0.1, -0.05) is 19.8 Å². The molecule has 0 aromatic heterocycles. The first-order chi connectivity index (χ1) is 6.84. The van der Waals surface area contributed by atoms with Crippen molar-refractivity contribution in [1.82, 2.24) is 10.6 Å². The van der Waals surface area contributed by atoms with Crippen LogP contribution in [0.3, 0.4) is 0 Å². The summed E-state index contributed by atoms with van der Waals surface area (Å²) in [6, 6.07) is 0.327. The van der Waals surface area contributed by atoms with Crippen LogP contribution in [-0.2, 0) is 0 Å². The lowest BCUT2D eigenvalue weighted by atomic mass is 10.1. The number of aliphatic hydroxyl groups excluding tert-OH is 1. The topological polar surface area (TPSA) is 44.3 Å². The van der Waals surface area contributed by atoms with Crippen molar-refractivity contribution >= 4 is 0 Å². The van der Waals surface area contributed by atoms with Gasteiger partial charge >= 0.3 is 0 Å². The Morgan fingerprint density at radius 1 is 1.36 bits per heavy atom. The molecular weight excluding hydrogens is 176 g/mol. The molecule has 3 N–H and O–H groups in total. The monoisotopic (exact) mass is 200 g/mol. The summed E-state index contributed by atoms with van der Waals surface area (Å²) in [4.78, 5) is 0. The summed E-state index contributed by atoms with van der Waals surface area (Å²) < 4.78 is 0. The van der Waals surface area contributed by atoms with Crippen LogP contribution in [0.5, 0.6) is 0 Å². The Balaban J connectivity index is 1.88. The summed E-state index contributed by atoms with van der Waals surface area (Å²) >= 11 is 0. The zero-order chi connectivity index (χ0) is 10.2. The minimum Gasteiger partial charge on any atom is -0.391 e. The minimum atomic E-state index is -0.118. The van der Waals surface area contributed by atoms with Crippen LogP contribution in [0.1, 0.15) is 39.0 Å². The first kappa shape index (κ1) is 12.0. The Morgan fingerprint density at radius 2 is 2.21 bits per heavy atom. The molecule has 2 atom stereocenters. The number of hydrogen-bond donors (Lipinski definition) is 3. The fraction of sp³-hybridized carbons (Fsp3) is 1.00. The van der Waals surface area contributed by atoms with Gasteiger partial charge in [-0.05, 0) is 38.9 Å². The van der Waals surface area contributed by atoms with Crippen LogP contribution in [-0.4, -0.2) is 36.9 Å². The highest BCUT2D eigenvalue weighted by Gasteiger charge is 2.23. The molecule has 2 unspecified atom stereocenters. The van der Waals surface area contributed by atoms with E-state index in [2.05, 4.69) is 17.6 Å². The van der Waals surface area contributed by atoms with Crippen molar-refractivity contribution in [2.24, 2.45) is 0 Å². The van der Waals surface area contributed by atoms with Crippen LogP contribution in [0, 0.1) is 0 Å². The van der Waals surface area contributed by atoms with E-state index in [0.717, 1.165) is 32.5 Å². The number of rotatable bonds is 7. The normalized spacial score (nSPS) is 27.0. The molecule has 1 heterocycles. The average molecular weight is 200 g/mol. The van der Waals surface area contributed by atoms with Crippen molar-refractivity contribution in [3.05, 3.63) is 0 Å². The molecule has 0 aromatic carbocycles. The van der Waals surface area contributed by atoms with Crippen LogP contribution >= 0.6 is 0 Å².